The molecule has 0 aliphatic heterocycles. The van der Waals surface area contributed by atoms with Crippen LogP contribution in [0.1, 0.15) is 0 Å². The molecule has 0 aliphatic carbocycles. The minimum Gasteiger partial charge on any atom is -0.334 e. The van der Waals surface area contributed by atoms with Crippen molar-refractivity contribution in [2.24, 2.45) is 7.05 Å². The molecule has 0 fully saturated rings. The van der Waals surface area contributed by atoms with E-state index in [0.29, 0.717) is 5.52 Å². The van der Waals surface area contributed by atoms with Crippen LogP contribution in [0.4, 0.5) is 18.9 Å². The highest BCUT2D eigenvalue weighted by molar-refractivity contribution is 5.96. The smallest absolute Gasteiger partial charge is 0.334 e. The number of carbonyl (C=O) groups excluding carboxylic acids is 1. The molecule has 2 aromatic rings. The third-order valence-electron chi connectivity index (χ3n) is 2.24. The molecule has 0 atom stereocenters. The van der Waals surface area contributed by atoms with Crippen LogP contribution in [0.3, 0.4) is 0 Å². The Hall–Kier alpha value is -2.05. The largest absolute Gasteiger partial charge is 0.471 e. The molecule has 1 amide bonds. The van der Waals surface area contributed by atoms with Crippen LogP contribution in [0, 0.1) is 0 Å². The summed E-state index contributed by atoms with van der Waals surface area (Å²) in [5.74, 6) is -1.99. The zero-order valence-corrected chi connectivity index (χ0v) is 8.75. The lowest BCUT2D eigenvalue weighted by atomic mass is 10.2. The van der Waals surface area contributed by atoms with Crippen molar-refractivity contribution in [1.82, 2.24) is 9.55 Å². The van der Waals surface area contributed by atoms with Gasteiger partial charge in [-0.25, -0.2) is 4.98 Å². The molecule has 4 nitrogen and oxygen atoms in total. The fraction of sp³-hybridized carbons (Fsp3) is 0.200. The van der Waals surface area contributed by atoms with Crippen LogP contribution in [0.15, 0.2) is 24.5 Å². The number of alkyl halides is 3. The summed E-state index contributed by atoms with van der Waals surface area (Å²) in [5, 5.41) is 1.77. The Kier molecular flexibility index (Phi) is 2.53. The zero-order chi connectivity index (χ0) is 12.6. The Morgan fingerprint density at radius 1 is 1.41 bits per heavy atom. The van der Waals surface area contributed by atoms with Gasteiger partial charge in [-0.2, -0.15) is 13.2 Å². The first-order valence-electron chi connectivity index (χ1n) is 4.67. The van der Waals surface area contributed by atoms with Gasteiger partial charge in [-0.15, -0.1) is 0 Å². The van der Waals surface area contributed by atoms with Crippen molar-refractivity contribution in [3.05, 3.63) is 24.5 Å². The molecular formula is C10H8F3N3O. The summed E-state index contributed by atoms with van der Waals surface area (Å²) in [4.78, 5) is 14.7. The maximum absolute atomic E-state index is 12.0. The van der Waals surface area contributed by atoms with Crippen molar-refractivity contribution in [2.75, 3.05) is 5.32 Å². The van der Waals surface area contributed by atoms with Crippen molar-refractivity contribution >= 4 is 22.6 Å². The van der Waals surface area contributed by atoms with Gasteiger partial charge >= 0.3 is 12.1 Å². The number of anilines is 1. The molecule has 0 unspecified atom stereocenters. The van der Waals surface area contributed by atoms with Crippen molar-refractivity contribution in [3.63, 3.8) is 0 Å². The van der Waals surface area contributed by atoms with E-state index in [-0.39, 0.29) is 5.69 Å². The number of hydrogen-bond donors (Lipinski definition) is 1. The Morgan fingerprint density at radius 2 is 2.12 bits per heavy atom. The van der Waals surface area contributed by atoms with Gasteiger partial charge < -0.3 is 9.88 Å². The molecule has 7 heteroatoms. The number of rotatable bonds is 1. The minimum atomic E-state index is -4.89. The Bertz CT molecular complexity index is 574. The van der Waals surface area contributed by atoms with E-state index in [4.69, 9.17) is 0 Å². The summed E-state index contributed by atoms with van der Waals surface area (Å²) in [6.45, 7) is 0. The van der Waals surface area contributed by atoms with Gasteiger partial charge in [0.2, 0.25) is 0 Å². The normalized spacial score (nSPS) is 11.8. The standard InChI is InChI=1S/C10H8F3N3O/c1-16-5-14-7-4-6(2-3-8(7)16)15-9(17)10(11,12)13/h2-5H,1H3,(H,15,17). The molecule has 0 saturated heterocycles. The topological polar surface area (TPSA) is 46.9 Å². The number of aromatic nitrogens is 2. The third-order valence-corrected chi connectivity index (χ3v) is 2.24. The van der Waals surface area contributed by atoms with E-state index < -0.39 is 12.1 Å². The lowest BCUT2D eigenvalue weighted by Gasteiger charge is -2.07. The summed E-state index contributed by atoms with van der Waals surface area (Å²) in [6, 6.07) is 4.38. The molecule has 2 rings (SSSR count). The van der Waals surface area contributed by atoms with Crippen LogP contribution in [0.25, 0.3) is 11.0 Å². The Morgan fingerprint density at radius 3 is 2.76 bits per heavy atom. The number of nitrogens with one attached hydrogen (secondary N) is 1. The predicted octanol–water partition coefficient (Wildman–Crippen LogP) is 2.07. The van der Waals surface area contributed by atoms with Gasteiger partial charge in [-0.05, 0) is 18.2 Å². The summed E-state index contributed by atoms with van der Waals surface area (Å²) < 4.78 is 37.8. The summed E-state index contributed by atoms with van der Waals surface area (Å²) in [6.07, 6.45) is -3.35. The second kappa shape index (κ2) is 3.76. The molecule has 0 aliphatic rings. The van der Waals surface area contributed by atoms with Crippen LogP contribution in [-0.2, 0) is 11.8 Å². The van der Waals surface area contributed by atoms with E-state index >= 15 is 0 Å². The van der Waals surface area contributed by atoms with E-state index in [1.165, 1.54) is 12.1 Å². The predicted molar refractivity (Wildman–Crippen MR) is 55.4 cm³/mol. The average Bonchev–Trinajstić information content (AvgIpc) is 2.59. The second-order valence-corrected chi connectivity index (χ2v) is 3.51. The lowest BCUT2D eigenvalue weighted by Crippen LogP contribution is -2.29. The zero-order valence-electron chi connectivity index (χ0n) is 8.75. The molecule has 1 N–H and O–H groups in total. The van der Waals surface area contributed by atoms with Crippen LogP contribution < -0.4 is 5.32 Å². The summed E-state index contributed by atoms with van der Waals surface area (Å²) in [7, 11) is 1.77. The van der Waals surface area contributed by atoms with Gasteiger partial charge in [-0.3, -0.25) is 4.79 Å². The Balaban J connectivity index is 2.29. The van der Waals surface area contributed by atoms with Crippen LogP contribution >= 0.6 is 0 Å². The number of imidazole rings is 1. The molecule has 0 bridgehead atoms. The number of amides is 1. The summed E-state index contributed by atoms with van der Waals surface area (Å²) in [5.41, 5.74) is 1.36. The number of carbonyl (C=O) groups is 1. The molecule has 0 spiro atoms. The van der Waals surface area contributed by atoms with Crippen LogP contribution in [-0.4, -0.2) is 21.6 Å². The van der Waals surface area contributed by atoms with Crippen molar-refractivity contribution in [3.8, 4) is 0 Å². The van der Waals surface area contributed by atoms with E-state index in [1.807, 2.05) is 0 Å². The van der Waals surface area contributed by atoms with E-state index in [9.17, 15) is 18.0 Å². The van der Waals surface area contributed by atoms with E-state index in [2.05, 4.69) is 4.98 Å². The van der Waals surface area contributed by atoms with Gasteiger partial charge in [0, 0.05) is 12.7 Å². The van der Waals surface area contributed by atoms with Gasteiger partial charge in [0.25, 0.3) is 0 Å². The lowest BCUT2D eigenvalue weighted by molar-refractivity contribution is -0.167. The third kappa shape index (κ3) is 2.22. The first-order chi connectivity index (χ1) is 7.88. The monoisotopic (exact) mass is 243 g/mol. The number of nitrogens with zero attached hydrogens (tertiary/aromatic N) is 2. The van der Waals surface area contributed by atoms with Crippen LogP contribution in [0.2, 0.25) is 0 Å². The SMILES string of the molecule is Cn1cnc2cc(NC(=O)C(F)(F)F)ccc21. The molecule has 0 radical (unpaired) electrons. The fourth-order valence-corrected chi connectivity index (χ4v) is 1.42. The van der Waals surface area contributed by atoms with E-state index in [0.717, 1.165) is 5.52 Å². The second-order valence-electron chi connectivity index (χ2n) is 3.51. The average molecular weight is 243 g/mol. The van der Waals surface area contributed by atoms with Crippen molar-refractivity contribution in [2.45, 2.75) is 6.18 Å². The first-order valence-corrected chi connectivity index (χ1v) is 4.67. The van der Waals surface area contributed by atoms with Gasteiger partial charge in [0.05, 0.1) is 17.4 Å². The fourth-order valence-electron chi connectivity index (χ4n) is 1.42. The minimum absolute atomic E-state index is 0.0681. The van der Waals surface area contributed by atoms with Crippen LogP contribution in [0.5, 0.6) is 0 Å². The van der Waals surface area contributed by atoms with Crippen molar-refractivity contribution in [1.29, 1.82) is 0 Å². The van der Waals surface area contributed by atoms with Gasteiger partial charge in [-0.1, -0.05) is 0 Å². The highest BCUT2D eigenvalue weighted by atomic mass is 19.4. The van der Waals surface area contributed by atoms with E-state index in [1.54, 1.807) is 29.3 Å². The van der Waals surface area contributed by atoms with Crippen molar-refractivity contribution < 1.29 is 18.0 Å². The maximum atomic E-state index is 12.0. The molecule has 1 aromatic carbocycles. The first kappa shape index (κ1) is 11.4. The Labute approximate surface area is 94.1 Å². The highest BCUT2D eigenvalue weighted by Crippen LogP contribution is 2.21. The molecule has 0 saturated carbocycles. The quantitative estimate of drug-likeness (QED) is 0.833. The number of halogens is 3. The molecule has 90 valence electrons. The van der Waals surface area contributed by atoms with Gasteiger partial charge in [0.1, 0.15) is 0 Å². The maximum Gasteiger partial charge on any atom is 0.471 e. The highest BCUT2D eigenvalue weighted by Gasteiger charge is 2.38. The molecular weight excluding hydrogens is 235 g/mol. The molecule has 1 heterocycles. The van der Waals surface area contributed by atoms with Gasteiger partial charge in [0.15, 0.2) is 0 Å². The molecule has 1 aromatic heterocycles. The number of hydrogen-bond acceptors (Lipinski definition) is 2. The number of benzene rings is 1. The number of aryl methyl sites for hydroxylation is 1. The number of fused-ring (bicyclic) bond motifs is 1. The summed E-state index contributed by atoms with van der Waals surface area (Å²) >= 11 is 0. The molecule has 17 heavy (non-hydrogen) atoms.